The van der Waals surface area contributed by atoms with Crippen molar-refractivity contribution in [2.45, 2.75) is 38.1 Å². The lowest BCUT2D eigenvalue weighted by Crippen LogP contribution is -2.45. The van der Waals surface area contributed by atoms with E-state index in [1.807, 2.05) is 0 Å². The normalized spacial score (nSPS) is 12.5. The summed E-state index contributed by atoms with van der Waals surface area (Å²) >= 11 is 0. The first-order valence-corrected chi connectivity index (χ1v) is 8.73. The minimum atomic E-state index is -3.57. The summed E-state index contributed by atoms with van der Waals surface area (Å²) in [5.74, 6) is -0.338. The molecular formula is C15H25N3O3S. The van der Waals surface area contributed by atoms with Gasteiger partial charge in [-0.05, 0) is 32.0 Å². The van der Waals surface area contributed by atoms with Crippen molar-refractivity contribution in [2.24, 2.45) is 5.73 Å². The zero-order valence-corrected chi connectivity index (χ0v) is 14.4. The first-order valence-electron chi connectivity index (χ1n) is 7.29. The maximum Gasteiger partial charge on any atom is 0.251 e. The van der Waals surface area contributed by atoms with Gasteiger partial charge < -0.3 is 11.1 Å². The van der Waals surface area contributed by atoms with Crippen molar-refractivity contribution in [1.29, 1.82) is 0 Å². The summed E-state index contributed by atoms with van der Waals surface area (Å²) in [5.41, 5.74) is 5.60. The highest BCUT2D eigenvalue weighted by Gasteiger charge is 2.22. The van der Waals surface area contributed by atoms with Crippen LogP contribution in [0.25, 0.3) is 0 Å². The Kier molecular flexibility index (Phi) is 6.10. The van der Waals surface area contributed by atoms with E-state index < -0.39 is 15.6 Å². The first-order chi connectivity index (χ1) is 10.1. The lowest BCUT2D eigenvalue weighted by molar-refractivity contribution is 0.0946. The predicted octanol–water partition coefficient (Wildman–Crippen LogP) is 1.18. The van der Waals surface area contributed by atoms with E-state index >= 15 is 0 Å². The highest BCUT2D eigenvalue weighted by molar-refractivity contribution is 7.89. The lowest BCUT2D eigenvalue weighted by atomic mass is 10.1. The molecule has 0 fully saturated rings. The second-order valence-corrected chi connectivity index (χ2v) is 7.73. The zero-order chi connectivity index (χ0) is 17.0. The van der Waals surface area contributed by atoms with Crippen molar-refractivity contribution in [3.8, 4) is 0 Å². The Morgan fingerprint density at radius 3 is 2.36 bits per heavy atom. The number of carbonyl (C=O) groups is 1. The number of hydrogen-bond donors (Lipinski definition) is 2. The van der Waals surface area contributed by atoms with Crippen LogP contribution >= 0.6 is 0 Å². The third kappa shape index (κ3) is 4.79. The largest absolute Gasteiger partial charge is 0.350 e. The van der Waals surface area contributed by atoms with Crippen LogP contribution in [0.3, 0.4) is 0 Å². The fraction of sp³-hybridized carbons (Fsp3) is 0.533. The Morgan fingerprint density at radius 1 is 1.27 bits per heavy atom. The first kappa shape index (κ1) is 18.6. The van der Waals surface area contributed by atoms with Crippen LogP contribution in [0, 0.1) is 0 Å². The Hall–Kier alpha value is -1.44. The van der Waals surface area contributed by atoms with Gasteiger partial charge in [-0.2, -0.15) is 4.31 Å². The topological polar surface area (TPSA) is 92.5 Å². The van der Waals surface area contributed by atoms with Crippen LogP contribution in [0.5, 0.6) is 0 Å². The quantitative estimate of drug-likeness (QED) is 0.786. The number of hydrogen-bond acceptors (Lipinski definition) is 4. The van der Waals surface area contributed by atoms with Gasteiger partial charge in [-0.25, -0.2) is 8.42 Å². The number of carbonyl (C=O) groups excluding carboxylic acids is 1. The van der Waals surface area contributed by atoms with Gasteiger partial charge in [-0.15, -0.1) is 0 Å². The molecule has 22 heavy (non-hydrogen) atoms. The molecular weight excluding hydrogens is 302 g/mol. The standard InChI is InChI=1S/C15H25N3O3S/c1-5-18(6-2)22(20,21)13-9-7-8-12(10-13)14(19)17-11-15(3,4)16/h7-10H,5-6,11,16H2,1-4H3,(H,17,19). The van der Waals surface area contributed by atoms with E-state index in [0.29, 0.717) is 25.2 Å². The van der Waals surface area contributed by atoms with Gasteiger partial charge in [-0.3, -0.25) is 4.79 Å². The third-order valence-corrected chi connectivity index (χ3v) is 5.19. The van der Waals surface area contributed by atoms with Crippen molar-refractivity contribution >= 4 is 15.9 Å². The Labute approximate surface area is 132 Å². The van der Waals surface area contributed by atoms with E-state index in [0.717, 1.165) is 0 Å². The molecule has 0 radical (unpaired) electrons. The molecule has 0 bridgehead atoms. The van der Waals surface area contributed by atoms with Gasteiger partial charge in [0, 0.05) is 30.7 Å². The van der Waals surface area contributed by atoms with Gasteiger partial charge in [-0.1, -0.05) is 19.9 Å². The molecule has 3 N–H and O–H groups in total. The number of rotatable bonds is 7. The maximum atomic E-state index is 12.5. The Bertz CT molecular complexity index is 617. The van der Waals surface area contributed by atoms with Crippen molar-refractivity contribution in [2.75, 3.05) is 19.6 Å². The van der Waals surface area contributed by atoms with Crippen molar-refractivity contribution in [3.63, 3.8) is 0 Å². The monoisotopic (exact) mass is 327 g/mol. The van der Waals surface area contributed by atoms with E-state index in [-0.39, 0.29) is 10.8 Å². The summed E-state index contributed by atoms with van der Waals surface area (Å²) in [7, 11) is -3.57. The van der Waals surface area contributed by atoms with Crippen LogP contribution in [0.4, 0.5) is 0 Å². The van der Waals surface area contributed by atoms with E-state index in [2.05, 4.69) is 5.32 Å². The minimum Gasteiger partial charge on any atom is -0.350 e. The highest BCUT2D eigenvalue weighted by Crippen LogP contribution is 2.17. The molecule has 0 atom stereocenters. The van der Waals surface area contributed by atoms with Crippen LogP contribution in [-0.2, 0) is 10.0 Å². The van der Waals surface area contributed by atoms with Gasteiger partial charge in [0.25, 0.3) is 5.91 Å². The molecule has 0 heterocycles. The van der Waals surface area contributed by atoms with Crippen LogP contribution in [0.1, 0.15) is 38.1 Å². The number of nitrogens with two attached hydrogens (primary N) is 1. The molecule has 7 heteroatoms. The third-order valence-electron chi connectivity index (χ3n) is 3.14. The number of nitrogens with one attached hydrogen (secondary N) is 1. The Morgan fingerprint density at radius 2 is 1.86 bits per heavy atom. The second kappa shape index (κ2) is 7.21. The van der Waals surface area contributed by atoms with Gasteiger partial charge in [0.15, 0.2) is 0 Å². The molecule has 0 aliphatic rings. The fourth-order valence-corrected chi connectivity index (χ4v) is 3.42. The van der Waals surface area contributed by atoms with Crippen molar-refractivity contribution in [3.05, 3.63) is 29.8 Å². The lowest BCUT2D eigenvalue weighted by Gasteiger charge is -2.20. The van der Waals surface area contributed by atoms with E-state index in [9.17, 15) is 13.2 Å². The molecule has 1 amide bonds. The van der Waals surface area contributed by atoms with E-state index in [4.69, 9.17) is 5.73 Å². The molecule has 0 spiro atoms. The van der Waals surface area contributed by atoms with Gasteiger partial charge in [0.2, 0.25) is 10.0 Å². The molecule has 124 valence electrons. The van der Waals surface area contributed by atoms with Crippen LogP contribution in [0.15, 0.2) is 29.2 Å². The molecule has 0 saturated heterocycles. The molecule has 0 aliphatic carbocycles. The Balaban J connectivity index is 3.02. The predicted molar refractivity (Wildman–Crippen MR) is 87.1 cm³/mol. The minimum absolute atomic E-state index is 0.121. The smallest absolute Gasteiger partial charge is 0.251 e. The molecule has 0 aliphatic heterocycles. The maximum absolute atomic E-state index is 12.5. The van der Waals surface area contributed by atoms with E-state index in [1.165, 1.54) is 16.4 Å². The molecule has 6 nitrogen and oxygen atoms in total. The van der Waals surface area contributed by atoms with Crippen molar-refractivity contribution in [1.82, 2.24) is 9.62 Å². The molecule has 0 aromatic heterocycles. The number of amides is 1. The molecule has 1 aromatic carbocycles. The molecule has 0 saturated carbocycles. The molecule has 1 aromatic rings. The van der Waals surface area contributed by atoms with Crippen molar-refractivity contribution < 1.29 is 13.2 Å². The van der Waals surface area contributed by atoms with Crippen LogP contribution in [0.2, 0.25) is 0 Å². The summed E-state index contributed by atoms with van der Waals surface area (Å²) < 4.78 is 26.3. The number of sulfonamides is 1. The second-order valence-electron chi connectivity index (χ2n) is 5.79. The zero-order valence-electron chi connectivity index (χ0n) is 13.6. The molecule has 1 rings (SSSR count). The van der Waals surface area contributed by atoms with Gasteiger partial charge in [0.1, 0.15) is 0 Å². The highest BCUT2D eigenvalue weighted by atomic mass is 32.2. The van der Waals surface area contributed by atoms with Crippen LogP contribution < -0.4 is 11.1 Å². The molecule has 0 unspecified atom stereocenters. The summed E-state index contributed by atoms with van der Waals surface area (Å²) in [6, 6.07) is 6.04. The van der Waals surface area contributed by atoms with Gasteiger partial charge >= 0.3 is 0 Å². The summed E-state index contributed by atoms with van der Waals surface area (Å²) in [4.78, 5) is 12.2. The summed E-state index contributed by atoms with van der Waals surface area (Å²) in [6.45, 7) is 8.23. The average molecular weight is 327 g/mol. The number of nitrogens with zero attached hydrogens (tertiary/aromatic N) is 1. The summed E-state index contributed by atoms with van der Waals surface area (Å²) in [6.07, 6.45) is 0. The SMILES string of the molecule is CCN(CC)S(=O)(=O)c1cccc(C(=O)NCC(C)(C)N)c1. The average Bonchev–Trinajstić information content (AvgIpc) is 2.45. The number of benzene rings is 1. The van der Waals surface area contributed by atoms with Crippen LogP contribution in [-0.4, -0.2) is 43.8 Å². The fourth-order valence-electron chi connectivity index (χ4n) is 1.92. The summed E-state index contributed by atoms with van der Waals surface area (Å²) in [5, 5.41) is 2.70. The van der Waals surface area contributed by atoms with Gasteiger partial charge in [0.05, 0.1) is 4.90 Å². The van der Waals surface area contributed by atoms with E-state index in [1.54, 1.807) is 39.8 Å².